The molecule has 1 saturated heterocycles. The molecule has 1 aliphatic rings. The number of rotatable bonds is 4. The van der Waals surface area contributed by atoms with Crippen molar-refractivity contribution in [2.24, 2.45) is 5.73 Å². The fourth-order valence-electron chi connectivity index (χ4n) is 2.17. The largest absolute Gasteiger partial charge is 0.389 e. The van der Waals surface area contributed by atoms with Crippen molar-refractivity contribution >= 4 is 40.6 Å². The number of carbonyl (C=O) groups excluding carboxylic acids is 1. The summed E-state index contributed by atoms with van der Waals surface area (Å²) in [6.07, 6.45) is 3.79. The monoisotopic (exact) mass is 295 g/mol. The molecular weight excluding hydrogens is 278 g/mol. The molecule has 0 aromatic heterocycles. The molecule has 0 bridgehead atoms. The number of thioether (sulfide) groups is 1. The average Bonchev–Trinajstić information content (AvgIpc) is 2.40. The number of piperidine rings is 1. The second kappa shape index (κ2) is 6.25. The zero-order valence-corrected chi connectivity index (χ0v) is 12.4. The van der Waals surface area contributed by atoms with Gasteiger partial charge in [-0.25, -0.2) is 0 Å². The minimum Gasteiger partial charge on any atom is -0.389 e. The van der Waals surface area contributed by atoms with Gasteiger partial charge in [0.05, 0.1) is 0 Å². The van der Waals surface area contributed by atoms with Gasteiger partial charge in [-0.15, -0.1) is 11.8 Å². The highest BCUT2D eigenvalue weighted by Crippen LogP contribution is 2.28. The fraction of sp³-hybridized carbons (Fsp3) is 0.385. The maximum absolute atomic E-state index is 11.8. The number of hydrogen-bond donors (Lipinski definition) is 3. The molecule has 1 atom stereocenters. The van der Waals surface area contributed by atoms with Crippen LogP contribution in [-0.4, -0.2) is 29.7 Å². The molecule has 0 saturated carbocycles. The van der Waals surface area contributed by atoms with Crippen molar-refractivity contribution in [3.8, 4) is 0 Å². The molecule has 2 rings (SSSR count). The summed E-state index contributed by atoms with van der Waals surface area (Å²) in [4.78, 5) is 13.2. The molecule has 1 fully saturated rings. The van der Waals surface area contributed by atoms with Crippen LogP contribution >= 0.6 is 24.0 Å². The van der Waals surface area contributed by atoms with Crippen LogP contribution in [-0.2, 0) is 4.79 Å². The molecule has 19 heavy (non-hydrogen) atoms. The zero-order valence-electron chi connectivity index (χ0n) is 10.7. The van der Waals surface area contributed by atoms with Gasteiger partial charge in [0, 0.05) is 22.7 Å². The molecule has 0 aliphatic carbocycles. The molecule has 0 radical (unpaired) electrons. The lowest BCUT2D eigenvalue weighted by atomic mass is 10.1. The number of benzene rings is 1. The van der Waals surface area contributed by atoms with Gasteiger partial charge in [0.2, 0.25) is 5.91 Å². The predicted octanol–water partition coefficient (Wildman–Crippen LogP) is 1.73. The van der Waals surface area contributed by atoms with Crippen LogP contribution in [0.1, 0.15) is 18.4 Å². The summed E-state index contributed by atoms with van der Waals surface area (Å²) in [5.74, 6) is 0.0368. The van der Waals surface area contributed by atoms with Crippen molar-refractivity contribution in [3.05, 3.63) is 23.8 Å². The van der Waals surface area contributed by atoms with E-state index in [1.54, 1.807) is 11.8 Å². The minimum atomic E-state index is -0.209. The maximum atomic E-state index is 11.8. The van der Waals surface area contributed by atoms with Crippen LogP contribution in [0.3, 0.4) is 0 Å². The van der Waals surface area contributed by atoms with E-state index < -0.39 is 0 Å². The van der Waals surface area contributed by atoms with E-state index in [2.05, 4.69) is 10.6 Å². The molecule has 1 aliphatic heterocycles. The average molecular weight is 295 g/mol. The van der Waals surface area contributed by atoms with Gasteiger partial charge >= 0.3 is 0 Å². The summed E-state index contributed by atoms with van der Waals surface area (Å²) in [6.45, 7) is 0.754. The zero-order chi connectivity index (χ0) is 13.8. The van der Waals surface area contributed by atoms with Gasteiger partial charge in [-0.2, -0.15) is 0 Å². The van der Waals surface area contributed by atoms with Gasteiger partial charge < -0.3 is 16.4 Å². The van der Waals surface area contributed by atoms with Gasteiger partial charge in [0.15, 0.2) is 0 Å². The molecule has 1 aromatic carbocycles. The van der Waals surface area contributed by atoms with Crippen LogP contribution in [0.2, 0.25) is 0 Å². The van der Waals surface area contributed by atoms with E-state index >= 15 is 0 Å². The predicted molar refractivity (Wildman–Crippen MR) is 83.8 cm³/mol. The Balaban J connectivity index is 2.28. The van der Waals surface area contributed by atoms with Crippen LogP contribution in [0.5, 0.6) is 0 Å². The number of thiocarbonyl (C=S) groups is 1. The van der Waals surface area contributed by atoms with E-state index in [-0.39, 0.29) is 11.9 Å². The SMILES string of the molecule is CSc1cccc(NC2CCCNC2=O)c1C(N)=S. The smallest absolute Gasteiger partial charge is 0.242 e. The maximum Gasteiger partial charge on any atom is 0.242 e. The summed E-state index contributed by atoms with van der Waals surface area (Å²) >= 11 is 6.72. The Morgan fingerprint density at radius 1 is 1.58 bits per heavy atom. The van der Waals surface area contributed by atoms with E-state index in [0.29, 0.717) is 4.99 Å². The third-order valence-electron chi connectivity index (χ3n) is 3.11. The van der Waals surface area contributed by atoms with Crippen molar-refractivity contribution in [2.45, 2.75) is 23.8 Å². The van der Waals surface area contributed by atoms with Crippen molar-refractivity contribution in [3.63, 3.8) is 0 Å². The normalized spacial score (nSPS) is 18.8. The van der Waals surface area contributed by atoms with Crippen molar-refractivity contribution in [2.75, 3.05) is 18.1 Å². The second-order valence-corrected chi connectivity index (χ2v) is 5.67. The lowest BCUT2D eigenvalue weighted by Crippen LogP contribution is -2.44. The molecule has 1 heterocycles. The molecular formula is C13H17N3OS2. The Morgan fingerprint density at radius 2 is 2.37 bits per heavy atom. The topological polar surface area (TPSA) is 67.1 Å². The van der Waals surface area contributed by atoms with Gasteiger partial charge in [0.25, 0.3) is 0 Å². The highest BCUT2D eigenvalue weighted by atomic mass is 32.2. The summed E-state index contributed by atoms with van der Waals surface area (Å²) in [6, 6.07) is 5.62. The number of anilines is 1. The lowest BCUT2D eigenvalue weighted by molar-refractivity contribution is -0.123. The number of amides is 1. The van der Waals surface area contributed by atoms with Crippen molar-refractivity contribution < 1.29 is 4.79 Å². The summed E-state index contributed by atoms with van der Waals surface area (Å²) in [5.41, 5.74) is 7.47. The van der Waals surface area contributed by atoms with E-state index in [0.717, 1.165) is 35.5 Å². The first-order valence-corrected chi connectivity index (χ1v) is 7.78. The van der Waals surface area contributed by atoms with Crippen molar-refractivity contribution in [1.29, 1.82) is 0 Å². The lowest BCUT2D eigenvalue weighted by Gasteiger charge is -2.25. The van der Waals surface area contributed by atoms with Gasteiger partial charge in [-0.1, -0.05) is 18.3 Å². The number of carbonyl (C=O) groups is 1. The van der Waals surface area contributed by atoms with E-state index in [1.165, 1.54) is 0 Å². The number of hydrogen-bond acceptors (Lipinski definition) is 4. The van der Waals surface area contributed by atoms with Gasteiger partial charge in [-0.3, -0.25) is 4.79 Å². The second-order valence-electron chi connectivity index (χ2n) is 4.38. The fourth-order valence-corrected chi connectivity index (χ4v) is 3.10. The Morgan fingerprint density at radius 3 is 3.00 bits per heavy atom. The van der Waals surface area contributed by atoms with Gasteiger partial charge in [0.1, 0.15) is 11.0 Å². The number of nitrogens with one attached hydrogen (secondary N) is 2. The quantitative estimate of drug-likeness (QED) is 0.583. The highest BCUT2D eigenvalue weighted by molar-refractivity contribution is 7.98. The van der Waals surface area contributed by atoms with Crippen molar-refractivity contribution in [1.82, 2.24) is 5.32 Å². The van der Waals surface area contributed by atoms with E-state index in [1.807, 2.05) is 24.5 Å². The molecule has 102 valence electrons. The molecule has 4 nitrogen and oxygen atoms in total. The Kier molecular flexibility index (Phi) is 4.66. The molecule has 4 N–H and O–H groups in total. The summed E-state index contributed by atoms with van der Waals surface area (Å²) in [7, 11) is 0. The minimum absolute atomic E-state index is 0.0368. The Hall–Kier alpha value is -1.27. The third-order valence-corrected chi connectivity index (χ3v) is 4.09. The summed E-state index contributed by atoms with van der Waals surface area (Å²) < 4.78 is 0. The van der Waals surface area contributed by atoms with Crippen LogP contribution in [0, 0.1) is 0 Å². The molecule has 6 heteroatoms. The first-order chi connectivity index (χ1) is 9.13. The number of nitrogens with two attached hydrogens (primary N) is 1. The first-order valence-electron chi connectivity index (χ1n) is 6.14. The third kappa shape index (κ3) is 3.19. The molecule has 1 unspecified atom stereocenters. The summed E-state index contributed by atoms with van der Waals surface area (Å²) in [5, 5.41) is 6.12. The van der Waals surface area contributed by atoms with Crippen LogP contribution < -0.4 is 16.4 Å². The molecule has 1 aromatic rings. The first kappa shape index (κ1) is 14.1. The Labute approximate surface area is 122 Å². The standard InChI is InChI=1S/C13H17N3OS2/c1-19-10-6-2-4-8(11(10)12(14)18)16-9-5-3-7-15-13(9)17/h2,4,6,9,16H,3,5,7H2,1H3,(H2,14,18)(H,15,17). The van der Waals surface area contributed by atoms with E-state index in [4.69, 9.17) is 18.0 Å². The van der Waals surface area contributed by atoms with Gasteiger partial charge in [-0.05, 0) is 31.2 Å². The molecule has 0 spiro atoms. The molecule has 1 amide bonds. The van der Waals surface area contributed by atoms with E-state index in [9.17, 15) is 4.79 Å². The Bertz CT molecular complexity index is 505. The van der Waals surface area contributed by atoms with Crippen LogP contribution in [0.15, 0.2) is 23.1 Å². The van der Waals surface area contributed by atoms with Crippen LogP contribution in [0.25, 0.3) is 0 Å². The van der Waals surface area contributed by atoms with Crippen LogP contribution in [0.4, 0.5) is 5.69 Å². The highest BCUT2D eigenvalue weighted by Gasteiger charge is 2.23.